The van der Waals surface area contributed by atoms with Crippen molar-refractivity contribution in [1.82, 2.24) is 14.9 Å². The van der Waals surface area contributed by atoms with Crippen LogP contribution in [0.15, 0.2) is 12.1 Å². The maximum Gasteiger partial charge on any atom is 0.418 e. The number of amides is 1. The molecule has 11 heteroatoms. The Labute approximate surface area is 144 Å². The van der Waals surface area contributed by atoms with Gasteiger partial charge in [-0.1, -0.05) is 0 Å². The maximum atomic E-state index is 13.1. The van der Waals surface area contributed by atoms with Crippen LogP contribution in [0.5, 0.6) is 0 Å². The third kappa shape index (κ3) is 4.09. The molecule has 0 aliphatic heterocycles. The molecule has 1 aromatic carbocycles. The number of benzene rings is 1. The van der Waals surface area contributed by atoms with E-state index in [0.717, 1.165) is 4.90 Å². The molecule has 0 atom stereocenters. The number of nitrogens with one attached hydrogen (secondary N) is 1. The van der Waals surface area contributed by atoms with Crippen LogP contribution in [0.2, 0.25) is 0 Å². The monoisotopic (exact) mass is 382 g/mol. The number of H-pyrrole nitrogens is 1. The fourth-order valence-corrected chi connectivity index (χ4v) is 2.41. The van der Waals surface area contributed by atoms with E-state index >= 15 is 0 Å². The topological polar surface area (TPSA) is 75.0 Å². The summed E-state index contributed by atoms with van der Waals surface area (Å²) in [5.41, 5.74) is 0.442. The summed E-state index contributed by atoms with van der Waals surface area (Å²) in [6.07, 6.45) is -9.96. The molecule has 0 radical (unpaired) electrons. The number of fused-ring (bicyclic) bond motifs is 1. The first-order valence-corrected chi connectivity index (χ1v) is 7.32. The molecule has 0 aliphatic rings. The van der Waals surface area contributed by atoms with Gasteiger partial charge in [-0.15, -0.1) is 0 Å². The molecule has 5 nitrogen and oxygen atoms in total. The maximum absolute atomic E-state index is 13.1. The number of rotatable bonds is 3. The molecule has 26 heavy (non-hydrogen) atoms. The summed E-state index contributed by atoms with van der Waals surface area (Å²) in [6.45, 7) is 2.65. The Balaban J connectivity index is 2.51. The van der Waals surface area contributed by atoms with Gasteiger partial charge in [-0.2, -0.15) is 26.3 Å². The molecular formula is C15H16F6N4O. The highest BCUT2D eigenvalue weighted by Gasteiger charge is 2.39. The van der Waals surface area contributed by atoms with Crippen molar-refractivity contribution in [2.45, 2.75) is 38.3 Å². The number of alkyl halides is 6. The van der Waals surface area contributed by atoms with E-state index in [0.29, 0.717) is 6.07 Å². The molecule has 1 heterocycles. The highest BCUT2D eigenvalue weighted by Crippen LogP contribution is 2.39. The molecule has 2 rings (SSSR count). The van der Waals surface area contributed by atoms with Gasteiger partial charge in [-0.25, -0.2) is 4.98 Å². The lowest BCUT2D eigenvalue weighted by Crippen LogP contribution is -2.49. The summed E-state index contributed by atoms with van der Waals surface area (Å²) < 4.78 is 78.0. The Kier molecular flexibility index (Phi) is 4.73. The molecule has 1 amide bonds. The molecule has 0 unspecified atom stereocenters. The van der Waals surface area contributed by atoms with Gasteiger partial charge in [-0.05, 0) is 26.0 Å². The molecule has 144 valence electrons. The zero-order valence-corrected chi connectivity index (χ0v) is 14.0. The standard InChI is InChI=1S/C15H16F6N4O/c1-13(2,22)12(26)25(3)6-10-23-9-5-7(14(16,17)18)4-8(11(9)24-10)15(19,20)21/h4-5H,6,22H2,1-3H3,(H,23,24). The quantitative estimate of drug-likeness (QED) is 0.800. The molecule has 0 saturated heterocycles. The van der Waals surface area contributed by atoms with Gasteiger partial charge in [0.05, 0.1) is 34.2 Å². The average Bonchev–Trinajstić information content (AvgIpc) is 2.84. The third-order valence-corrected chi connectivity index (χ3v) is 3.56. The minimum absolute atomic E-state index is 0.0299. The first-order chi connectivity index (χ1) is 11.6. The summed E-state index contributed by atoms with van der Waals surface area (Å²) in [5, 5.41) is 0. The SMILES string of the molecule is CN(Cc1nc2cc(C(F)(F)F)cc(C(F)(F)F)c2[nH]1)C(=O)C(C)(C)N. The summed E-state index contributed by atoms with van der Waals surface area (Å²) >= 11 is 0. The van der Waals surface area contributed by atoms with E-state index in [1.807, 2.05) is 0 Å². The molecule has 0 fully saturated rings. The molecule has 0 bridgehead atoms. The fourth-order valence-electron chi connectivity index (χ4n) is 2.41. The number of carbonyl (C=O) groups is 1. The third-order valence-electron chi connectivity index (χ3n) is 3.56. The van der Waals surface area contributed by atoms with Crippen molar-refractivity contribution in [2.24, 2.45) is 5.73 Å². The summed E-state index contributed by atoms with van der Waals surface area (Å²) in [4.78, 5) is 19.3. The fraction of sp³-hybridized carbons (Fsp3) is 0.467. The zero-order chi connectivity index (χ0) is 20.1. The second-order valence-corrected chi connectivity index (χ2v) is 6.48. The largest absolute Gasteiger partial charge is 0.418 e. The van der Waals surface area contributed by atoms with Crippen molar-refractivity contribution in [1.29, 1.82) is 0 Å². The minimum atomic E-state index is -5.01. The number of carbonyl (C=O) groups excluding carboxylic acids is 1. The van der Waals surface area contributed by atoms with Crippen molar-refractivity contribution < 1.29 is 31.1 Å². The van der Waals surface area contributed by atoms with Crippen LogP contribution in [0.1, 0.15) is 30.8 Å². The van der Waals surface area contributed by atoms with Crippen molar-refractivity contribution in [2.75, 3.05) is 7.05 Å². The number of halogens is 6. The van der Waals surface area contributed by atoms with Crippen molar-refractivity contribution in [3.63, 3.8) is 0 Å². The Morgan fingerprint density at radius 1 is 1.15 bits per heavy atom. The minimum Gasteiger partial charge on any atom is -0.340 e. The molecule has 1 aromatic heterocycles. The molecule has 0 saturated carbocycles. The lowest BCUT2D eigenvalue weighted by molar-refractivity contribution is -0.142. The van der Waals surface area contributed by atoms with Crippen molar-refractivity contribution >= 4 is 16.9 Å². The lowest BCUT2D eigenvalue weighted by atomic mass is 10.1. The van der Waals surface area contributed by atoms with E-state index in [9.17, 15) is 31.1 Å². The zero-order valence-electron chi connectivity index (χ0n) is 14.0. The van der Waals surface area contributed by atoms with Gasteiger partial charge in [0.2, 0.25) is 5.91 Å². The lowest BCUT2D eigenvalue weighted by Gasteiger charge is -2.25. The van der Waals surface area contributed by atoms with Crippen LogP contribution in [0.25, 0.3) is 11.0 Å². The highest BCUT2D eigenvalue weighted by atomic mass is 19.4. The number of likely N-dealkylation sites (N-methyl/N-ethyl adjacent to an activating group) is 1. The molecule has 0 spiro atoms. The summed E-state index contributed by atoms with van der Waals surface area (Å²) in [7, 11) is 1.36. The Bertz CT molecular complexity index is 831. The first-order valence-electron chi connectivity index (χ1n) is 7.32. The van der Waals surface area contributed by atoms with E-state index in [-0.39, 0.29) is 18.4 Å². The van der Waals surface area contributed by atoms with E-state index < -0.39 is 46.0 Å². The van der Waals surface area contributed by atoms with Crippen molar-refractivity contribution in [3.05, 3.63) is 29.1 Å². The van der Waals surface area contributed by atoms with E-state index in [1.54, 1.807) is 0 Å². The van der Waals surface area contributed by atoms with Gasteiger partial charge in [0.1, 0.15) is 5.82 Å². The number of nitrogens with zero attached hydrogens (tertiary/aromatic N) is 2. The van der Waals surface area contributed by atoms with Crippen LogP contribution in [0, 0.1) is 0 Å². The number of aromatic nitrogens is 2. The van der Waals surface area contributed by atoms with Crippen LogP contribution < -0.4 is 5.73 Å². The van der Waals surface area contributed by atoms with Crippen LogP contribution in [-0.4, -0.2) is 33.4 Å². The number of aromatic amines is 1. The number of imidazole rings is 1. The number of nitrogens with two attached hydrogens (primary N) is 1. The summed E-state index contributed by atoms with van der Waals surface area (Å²) in [6, 6.07) is 0.557. The smallest absolute Gasteiger partial charge is 0.340 e. The molecule has 3 N–H and O–H groups in total. The highest BCUT2D eigenvalue weighted by molar-refractivity contribution is 5.85. The van der Waals surface area contributed by atoms with Crippen LogP contribution in [-0.2, 0) is 23.7 Å². The predicted octanol–water partition coefficient (Wildman–Crippen LogP) is 3.30. The van der Waals surface area contributed by atoms with Crippen LogP contribution >= 0.6 is 0 Å². The number of hydrogen-bond acceptors (Lipinski definition) is 3. The number of hydrogen-bond donors (Lipinski definition) is 2. The summed E-state index contributed by atoms with van der Waals surface area (Å²) in [5.74, 6) is -0.602. The molecule has 2 aromatic rings. The molecule has 0 aliphatic carbocycles. The molecular weight excluding hydrogens is 366 g/mol. The van der Waals surface area contributed by atoms with Crippen LogP contribution in [0.3, 0.4) is 0 Å². The Morgan fingerprint density at radius 2 is 1.73 bits per heavy atom. The average molecular weight is 382 g/mol. The van der Waals surface area contributed by atoms with Gasteiger partial charge < -0.3 is 15.6 Å². The first kappa shape index (κ1) is 20.0. The second kappa shape index (κ2) is 6.15. The van der Waals surface area contributed by atoms with Gasteiger partial charge in [0.15, 0.2) is 0 Å². The van der Waals surface area contributed by atoms with Gasteiger partial charge >= 0.3 is 12.4 Å². The second-order valence-electron chi connectivity index (χ2n) is 6.48. The van der Waals surface area contributed by atoms with Gasteiger partial charge in [0.25, 0.3) is 0 Å². The van der Waals surface area contributed by atoms with E-state index in [4.69, 9.17) is 5.73 Å². The van der Waals surface area contributed by atoms with E-state index in [1.165, 1.54) is 20.9 Å². The van der Waals surface area contributed by atoms with E-state index in [2.05, 4.69) is 9.97 Å². The van der Waals surface area contributed by atoms with Crippen LogP contribution in [0.4, 0.5) is 26.3 Å². The van der Waals surface area contributed by atoms with Gasteiger partial charge in [0, 0.05) is 7.05 Å². The Hall–Kier alpha value is -2.30. The predicted molar refractivity (Wildman–Crippen MR) is 80.8 cm³/mol. The Morgan fingerprint density at radius 3 is 2.19 bits per heavy atom. The van der Waals surface area contributed by atoms with Crippen molar-refractivity contribution in [3.8, 4) is 0 Å². The van der Waals surface area contributed by atoms with Gasteiger partial charge in [-0.3, -0.25) is 4.79 Å². The normalized spacial score (nSPS) is 13.3.